The Balaban J connectivity index is 2.28. The number of nitrogens with zero attached hydrogens (tertiary/aromatic N) is 1. The largest absolute Gasteiger partial charge is 0.490 e. The number of esters is 2. The van der Waals surface area contributed by atoms with E-state index < -0.39 is 41.8 Å². The van der Waals surface area contributed by atoms with Crippen molar-refractivity contribution in [1.29, 1.82) is 0 Å². The lowest BCUT2D eigenvalue weighted by Crippen LogP contribution is -2.42. The molecular formula is C18H24F3NO6. The summed E-state index contributed by atoms with van der Waals surface area (Å²) in [6, 6.07) is 0. The number of carbonyl (C=O) groups is 2. The van der Waals surface area contributed by atoms with Gasteiger partial charge in [0.1, 0.15) is 12.2 Å². The molecule has 0 spiro atoms. The zero-order valence-corrected chi connectivity index (χ0v) is 16.4. The van der Waals surface area contributed by atoms with E-state index in [9.17, 15) is 22.8 Å². The predicted octanol–water partition coefficient (Wildman–Crippen LogP) is 3.90. The second-order valence-electron chi connectivity index (χ2n) is 7.72. The van der Waals surface area contributed by atoms with Crippen molar-refractivity contribution in [2.75, 3.05) is 6.61 Å². The molecule has 1 aromatic rings. The summed E-state index contributed by atoms with van der Waals surface area (Å²) in [5.41, 5.74) is -0.0829. The molecule has 0 bridgehead atoms. The van der Waals surface area contributed by atoms with E-state index in [1.54, 1.807) is 13.8 Å². The Hall–Kier alpha value is -2.10. The average Bonchev–Trinajstić information content (AvgIpc) is 2.94. The SMILES string of the molecule is CCOC(=O)c1noc([C@H]2C[C@@H](OC(=O)C(F)(F)F)C[C@@H](C(C)(C)C)O2)c1C. The minimum Gasteiger partial charge on any atom is -0.461 e. The average molecular weight is 407 g/mol. The Bertz CT molecular complexity index is 722. The molecule has 1 saturated heterocycles. The Morgan fingerprint density at radius 3 is 2.39 bits per heavy atom. The topological polar surface area (TPSA) is 87.9 Å². The third-order valence-electron chi connectivity index (χ3n) is 4.47. The summed E-state index contributed by atoms with van der Waals surface area (Å²) in [5, 5.41) is 3.70. The molecule has 0 N–H and O–H groups in total. The second kappa shape index (κ2) is 8.10. The van der Waals surface area contributed by atoms with E-state index in [1.807, 2.05) is 20.8 Å². The van der Waals surface area contributed by atoms with Gasteiger partial charge in [0, 0.05) is 18.4 Å². The highest BCUT2D eigenvalue weighted by Gasteiger charge is 2.46. The van der Waals surface area contributed by atoms with Crippen LogP contribution in [0.25, 0.3) is 0 Å². The zero-order valence-electron chi connectivity index (χ0n) is 16.4. The first kappa shape index (κ1) is 22.2. The minimum absolute atomic E-state index is 0.0258. The van der Waals surface area contributed by atoms with Gasteiger partial charge in [-0.2, -0.15) is 13.2 Å². The van der Waals surface area contributed by atoms with Crippen LogP contribution >= 0.6 is 0 Å². The fourth-order valence-electron chi connectivity index (χ4n) is 2.96. The van der Waals surface area contributed by atoms with Crippen molar-refractivity contribution in [1.82, 2.24) is 5.16 Å². The van der Waals surface area contributed by atoms with Gasteiger partial charge in [-0.1, -0.05) is 25.9 Å². The maximum atomic E-state index is 12.6. The molecule has 1 aromatic heterocycles. The zero-order chi connectivity index (χ0) is 21.3. The first-order valence-electron chi connectivity index (χ1n) is 8.91. The lowest BCUT2D eigenvalue weighted by Gasteiger charge is -2.40. The smallest absolute Gasteiger partial charge is 0.461 e. The van der Waals surface area contributed by atoms with Crippen molar-refractivity contribution in [2.24, 2.45) is 5.41 Å². The highest BCUT2D eigenvalue weighted by atomic mass is 19.4. The molecule has 2 heterocycles. The van der Waals surface area contributed by atoms with Crippen molar-refractivity contribution >= 4 is 11.9 Å². The molecule has 0 radical (unpaired) electrons. The van der Waals surface area contributed by atoms with E-state index in [0.29, 0.717) is 5.56 Å². The van der Waals surface area contributed by atoms with Crippen LogP contribution in [0.4, 0.5) is 13.2 Å². The van der Waals surface area contributed by atoms with Gasteiger partial charge in [0.15, 0.2) is 11.5 Å². The van der Waals surface area contributed by atoms with Gasteiger partial charge in [-0.05, 0) is 19.3 Å². The van der Waals surface area contributed by atoms with Gasteiger partial charge in [0.05, 0.1) is 12.7 Å². The van der Waals surface area contributed by atoms with Crippen LogP contribution in [-0.4, -0.2) is 42.1 Å². The van der Waals surface area contributed by atoms with Crippen LogP contribution in [-0.2, 0) is 19.0 Å². The fraction of sp³-hybridized carbons (Fsp3) is 0.722. The van der Waals surface area contributed by atoms with E-state index in [0.717, 1.165) is 0 Å². The van der Waals surface area contributed by atoms with Crippen LogP contribution < -0.4 is 0 Å². The molecule has 158 valence electrons. The molecule has 0 aliphatic carbocycles. The minimum atomic E-state index is -5.08. The highest BCUT2D eigenvalue weighted by Crippen LogP contribution is 2.41. The third-order valence-corrected chi connectivity index (χ3v) is 4.47. The van der Waals surface area contributed by atoms with E-state index in [4.69, 9.17) is 14.0 Å². The molecule has 1 fully saturated rings. The van der Waals surface area contributed by atoms with E-state index in [1.165, 1.54) is 0 Å². The van der Waals surface area contributed by atoms with Gasteiger partial charge in [-0.3, -0.25) is 0 Å². The van der Waals surface area contributed by atoms with Gasteiger partial charge >= 0.3 is 18.1 Å². The Kier molecular flexibility index (Phi) is 6.42. The summed E-state index contributed by atoms with van der Waals surface area (Å²) < 4.78 is 58.6. The number of carbonyl (C=O) groups excluding carboxylic acids is 2. The number of halogens is 3. The number of hydrogen-bond acceptors (Lipinski definition) is 7. The van der Waals surface area contributed by atoms with Gasteiger partial charge in [-0.15, -0.1) is 0 Å². The Morgan fingerprint density at radius 2 is 1.86 bits per heavy atom. The van der Waals surface area contributed by atoms with Crippen molar-refractivity contribution in [2.45, 2.75) is 71.9 Å². The molecular weight excluding hydrogens is 383 g/mol. The molecule has 0 saturated carbocycles. The number of aromatic nitrogens is 1. The van der Waals surface area contributed by atoms with Crippen molar-refractivity contribution < 1.29 is 41.5 Å². The van der Waals surface area contributed by atoms with Crippen LogP contribution in [0.5, 0.6) is 0 Å². The molecule has 0 aromatic carbocycles. The summed E-state index contributed by atoms with van der Waals surface area (Å²) in [6.45, 7) is 8.97. The van der Waals surface area contributed by atoms with Crippen LogP contribution in [0.1, 0.15) is 68.5 Å². The van der Waals surface area contributed by atoms with E-state index in [-0.39, 0.29) is 30.9 Å². The van der Waals surface area contributed by atoms with Crippen molar-refractivity contribution in [3.63, 3.8) is 0 Å². The van der Waals surface area contributed by atoms with Crippen LogP contribution in [0.3, 0.4) is 0 Å². The number of rotatable bonds is 4. The monoisotopic (exact) mass is 407 g/mol. The molecule has 28 heavy (non-hydrogen) atoms. The standard InChI is InChI=1S/C18H24F3NO6/c1-6-25-15(23)13-9(2)14(28-22-13)11-7-10(26-16(24)18(19,20)21)8-12(27-11)17(3,4)5/h10-12H,6-8H2,1-5H3/t10-,11-,12+/m1/s1. The third kappa shape index (κ3) is 5.03. The van der Waals surface area contributed by atoms with E-state index >= 15 is 0 Å². The molecule has 0 amide bonds. The number of ether oxygens (including phenoxy) is 3. The number of hydrogen-bond donors (Lipinski definition) is 0. The lowest BCUT2D eigenvalue weighted by atomic mass is 9.82. The number of alkyl halides is 3. The quantitative estimate of drug-likeness (QED) is 0.700. The van der Waals surface area contributed by atoms with Gasteiger partial charge in [-0.25, -0.2) is 9.59 Å². The Labute approximate surface area is 160 Å². The summed E-state index contributed by atoms with van der Waals surface area (Å²) >= 11 is 0. The van der Waals surface area contributed by atoms with Gasteiger partial charge < -0.3 is 18.7 Å². The molecule has 2 rings (SSSR count). The molecule has 1 aliphatic rings. The van der Waals surface area contributed by atoms with Gasteiger partial charge in [0.2, 0.25) is 0 Å². The van der Waals surface area contributed by atoms with Crippen molar-refractivity contribution in [3.8, 4) is 0 Å². The molecule has 1 aliphatic heterocycles. The summed E-state index contributed by atoms with van der Waals surface area (Å²) in [7, 11) is 0. The Morgan fingerprint density at radius 1 is 1.21 bits per heavy atom. The fourth-order valence-corrected chi connectivity index (χ4v) is 2.96. The molecule has 0 unspecified atom stereocenters. The normalized spacial score (nSPS) is 23.4. The van der Waals surface area contributed by atoms with E-state index in [2.05, 4.69) is 9.89 Å². The summed E-state index contributed by atoms with van der Waals surface area (Å²) in [4.78, 5) is 23.2. The molecule has 3 atom stereocenters. The second-order valence-corrected chi connectivity index (χ2v) is 7.72. The highest BCUT2D eigenvalue weighted by molar-refractivity contribution is 5.88. The summed E-state index contributed by atoms with van der Waals surface area (Å²) in [6.07, 6.45) is -7.36. The lowest BCUT2D eigenvalue weighted by molar-refractivity contribution is -0.216. The first-order chi connectivity index (χ1) is 12.8. The van der Waals surface area contributed by atoms with Crippen LogP contribution in [0, 0.1) is 12.3 Å². The summed E-state index contributed by atoms with van der Waals surface area (Å²) in [5.74, 6) is -2.71. The first-order valence-corrected chi connectivity index (χ1v) is 8.91. The van der Waals surface area contributed by atoms with Gasteiger partial charge in [0.25, 0.3) is 0 Å². The van der Waals surface area contributed by atoms with Crippen molar-refractivity contribution in [3.05, 3.63) is 17.0 Å². The molecule has 10 heteroatoms. The van der Waals surface area contributed by atoms with Crippen LogP contribution in [0.2, 0.25) is 0 Å². The maximum absolute atomic E-state index is 12.6. The van der Waals surface area contributed by atoms with Crippen LogP contribution in [0.15, 0.2) is 4.52 Å². The maximum Gasteiger partial charge on any atom is 0.490 e. The molecule has 7 nitrogen and oxygen atoms in total. The predicted molar refractivity (Wildman–Crippen MR) is 89.4 cm³/mol.